The van der Waals surface area contributed by atoms with Gasteiger partial charge in [0.2, 0.25) is 15.9 Å². The molecule has 208 valence electrons. The summed E-state index contributed by atoms with van der Waals surface area (Å²) in [6.45, 7) is 5.44. The van der Waals surface area contributed by atoms with E-state index in [1.54, 1.807) is 18.2 Å². The van der Waals surface area contributed by atoms with Crippen LogP contribution in [0.15, 0.2) is 95.9 Å². The zero-order valence-electron chi connectivity index (χ0n) is 22.8. The Kier molecular flexibility index (Phi) is 8.49. The van der Waals surface area contributed by atoms with Gasteiger partial charge in [0.1, 0.15) is 5.75 Å². The van der Waals surface area contributed by atoms with Crippen LogP contribution in [0.1, 0.15) is 55.5 Å². The van der Waals surface area contributed by atoms with Crippen LogP contribution >= 0.6 is 0 Å². The number of nitrogens with one attached hydrogen (secondary N) is 3. The number of amides is 1. The summed E-state index contributed by atoms with van der Waals surface area (Å²) in [6.07, 6.45) is 0.598. The number of hydrogen-bond acceptors (Lipinski definition) is 5. The Bertz CT molecular complexity index is 1590. The van der Waals surface area contributed by atoms with Crippen LogP contribution in [0, 0.1) is 0 Å². The Morgan fingerprint density at radius 3 is 2.45 bits per heavy atom. The van der Waals surface area contributed by atoms with Crippen molar-refractivity contribution in [2.45, 2.75) is 56.3 Å². The predicted octanol–water partition coefficient (Wildman–Crippen LogP) is 5.39. The molecule has 3 N–H and O–H groups in total. The lowest BCUT2D eigenvalue weighted by atomic mass is 9.97. The van der Waals surface area contributed by atoms with Crippen LogP contribution in [0.3, 0.4) is 0 Å². The van der Waals surface area contributed by atoms with Gasteiger partial charge in [-0.25, -0.2) is 13.1 Å². The molecule has 0 aliphatic carbocycles. The van der Waals surface area contributed by atoms with E-state index >= 15 is 0 Å². The van der Waals surface area contributed by atoms with Crippen LogP contribution in [0.25, 0.3) is 10.8 Å². The fourth-order valence-corrected chi connectivity index (χ4v) is 6.22. The molecule has 1 heterocycles. The van der Waals surface area contributed by atoms with E-state index in [9.17, 15) is 13.2 Å². The lowest BCUT2D eigenvalue weighted by molar-refractivity contribution is -0.122. The van der Waals surface area contributed by atoms with Crippen LogP contribution in [0.2, 0.25) is 0 Å². The normalized spacial score (nSPS) is 15.8. The summed E-state index contributed by atoms with van der Waals surface area (Å²) in [5, 5.41) is 8.32. The lowest BCUT2D eigenvalue weighted by Gasteiger charge is -2.28. The van der Waals surface area contributed by atoms with Gasteiger partial charge in [0.05, 0.1) is 23.6 Å². The second-order valence-electron chi connectivity index (χ2n) is 10.5. The average Bonchev–Trinajstić information content (AvgIpc) is 2.96. The minimum atomic E-state index is -3.90. The van der Waals surface area contributed by atoms with Crippen LogP contribution in [-0.4, -0.2) is 27.0 Å². The van der Waals surface area contributed by atoms with E-state index in [2.05, 4.69) is 29.2 Å². The SMILES string of the molecule is CC(C)NCc1ccc2c(c1)OCC[C@H]2NC(=O)C[C@@H](NS(=O)(=O)c1ccc2ccccc2c1)c1ccccc1. The Labute approximate surface area is 236 Å². The number of carbonyl (C=O) groups excluding carboxylic acids is 1. The van der Waals surface area contributed by atoms with Gasteiger partial charge in [-0.1, -0.05) is 86.6 Å². The molecule has 8 heteroatoms. The minimum absolute atomic E-state index is 0.0418. The van der Waals surface area contributed by atoms with Crippen LogP contribution in [0.4, 0.5) is 0 Å². The van der Waals surface area contributed by atoms with Crippen molar-refractivity contribution >= 4 is 26.7 Å². The van der Waals surface area contributed by atoms with Gasteiger partial charge in [-0.2, -0.15) is 0 Å². The molecular weight excluding hydrogens is 522 g/mol. The summed E-state index contributed by atoms with van der Waals surface area (Å²) in [5.74, 6) is 0.537. The molecular formula is C32H35N3O4S. The minimum Gasteiger partial charge on any atom is -0.493 e. The van der Waals surface area contributed by atoms with Gasteiger partial charge in [0.25, 0.3) is 0 Å². The van der Waals surface area contributed by atoms with Crippen LogP contribution in [0.5, 0.6) is 5.75 Å². The summed E-state index contributed by atoms with van der Waals surface area (Å²) in [7, 11) is -3.90. The molecule has 1 amide bonds. The molecule has 5 rings (SSSR count). The van der Waals surface area contributed by atoms with Crippen molar-refractivity contribution in [3.63, 3.8) is 0 Å². The Morgan fingerprint density at radius 2 is 1.68 bits per heavy atom. The molecule has 0 bridgehead atoms. The first-order chi connectivity index (χ1) is 19.3. The van der Waals surface area contributed by atoms with Gasteiger partial charge in [-0.15, -0.1) is 0 Å². The van der Waals surface area contributed by atoms with E-state index in [-0.39, 0.29) is 23.3 Å². The van der Waals surface area contributed by atoms with Crippen molar-refractivity contribution < 1.29 is 17.9 Å². The van der Waals surface area contributed by atoms with Gasteiger partial charge >= 0.3 is 0 Å². The standard InChI is InChI=1S/C32H35N3O4S/c1-22(2)33-21-23-12-15-28-29(16-17-39-31(28)18-23)34-32(36)20-30(25-9-4-3-5-10-25)35-40(37,38)27-14-13-24-8-6-7-11-26(24)19-27/h3-15,18-19,22,29-30,33,35H,16-17,20-21H2,1-2H3,(H,34,36)/t29-,30-/m1/s1. The maximum Gasteiger partial charge on any atom is 0.241 e. The predicted molar refractivity (Wildman–Crippen MR) is 157 cm³/mol. The molecule has 1 aliphatic heterocycles. The van der Waals surface area contributed by atoms with Crippen molar-refractivity contribution in [1.29, 1.82) is 0 Å². The van der Waals surface area contributed by atoms with Gasteiger partial charge in [0, 0.05) is 31.0 Å². The quantitative estimate of drug-likeness (QED) is 0.243. The first kappa shape index (κ1) is 27.8. The van der Waals surface area contributed by atoms with Gasteiger partial charge < -0.3 is 15.4 Å². The van der Waals surface area contributed by atoms with Crippen molar-refractivity contribution in [1.82, 2.24) is 15.4 Å². The summed E-state index contributed by atoms with van der Waals surface area (Å²) in [6, 6.07) is 27.4. The van der Waals surface area contributed by atoms with Gasteiger partial charge in [0.15, 0.2) is 0 Å². The molecule has 4 aromatic rings. The number of carbonyl (C=O) groups is 1. The summed E-state index contributed by atoms with van der Waals surface area (Å²) in [5.41, 5.74) is 2.77. The largest absolute Gasteiger partial charge is 0.493 e. The maximum atomic E-state index is 13.5. The van der Waals surface area contributed by atoms with Crippen molar-refractivity contribution in [2.24, 2.45) is 0 Å². The van der Waals surface area contributed by atoms with E-state index in [0.717, 1.165) is 39.8 Å². The van der Waals surface area contributed by atoms with E-state index in [4.69, 9.17) is 4.74 Å². The van der Waals surface area contributed by atoms with E-state index in [1.165, 1.54) is 0 Å². The molecule has 0 radical (unpaired) electrons. The summed E-state index contributed by atoms with van der Waals surface area (Å²) < 4.78 is 35.6. The van der Waals surface area contributed by atoms with Gasteiger partial charge in [-0.05, 0) is 40.1 Å². The first-order valence-corrected chi connectivity index (χ1v) is 15.1. The topological polar surface area (TPSA) is 96.5 Å². The third-order valence-corrected chi connectivity index (χ3v) is 8.56. The third kappa shape index (κ3) is 6.70. The Morgan fingerprint density at radius 1 is 0.925 bits per heavy atom. The Hall–Kier alpha value is -3.72. The number of benzene rings is 4. The zero-order valence-corrected chi connectivity index (χ0v) is 23.6. The fraction of sp³-hybridized carbons (Fsp3) is 0.281. The van der Waals surface area contributed by atoms with Crippen molar-refractivity contribution in [3.8, 4) is 5.75 Å². The van der Waals surface area contributed by atoms with Crippen molar-refractivity contribution in [2.75, 3.05) is 6.61 Å². The second-order valence-corrected chi connectivity index (χ2v) is 12.2. The monoisotopic (exact) mass is 557 g/mol. The molecule has 40 heavy (non-hydrogen) atoms. The Balaban J connectivity index is 1.33. The molecule has 7 nitrogen and oxygen atoms in total. The summed E-state index contributed by atoms with van der Waals surface area (Å²) in [4.78, 5) is 13.5. The highest BCUT2D eigenvalue weighted by Gasteiger charge is 2.27. The highest BCUT2D eigenvalue weighted by Crippen LogP contribution is 2.33. The molecule has 0 aromatic heterocycles. The fourth-order valence-electron chi connectivity index (χ4n) is 4.96. The second kappa shape index (κ2) is 12.2. The molecule has 0 saturated carbocycles. The third-order valence-electron chi connectivity index (χ3n) is 7.09. The molecule has 0 saturated heterocycles. The van der Waals surface area contributed by atoms with E-state index < -0.39 is 16.1 Å². The average molecular weight is 558 g/mol. The van der Waals surface area contributed by atoms with E-state index in [0.29, 0.717) is 19.1 Å². The molecule has 0 fully saturated rings. The maximum absolute atomic E-state index is 13.5. The number of rotatable bonds is 10. The molecule has 0 unspecified atom stereocenters. The first-order valence-electron chi connectivity index (χ1n) is 13.6. The molecule has 1 aliphatic rings. The van der Waals surface area contributed by atoms with Crippen LogP contribution < -0.4 is 20.1 Å². The molecule has 2 atom stereocenters. The zero-order chi connectivity index (χ0) is 28.1. The highest BCUT2D eigenvalue weighted by molar-refractivity contribution is 7.89. The van der Waals surface area contributed by atoms with Crippen molar-refractivity contribution in [3.05, 3.63) is 108 Å². The van der Waals surface area contributed by atoms with Crippen LogP contribution in [-0.2, 0) is 21.4 Å². The van der Waals surface area contributed by atoms with Gasteiger partial charge in [-0.3, -0.25) is 4.79 Å². The number of ether oxygens (including phenoxy) is 1. The highest BCUT2D eigenvalue weighted by atomic mass is 32.2. The number of fused-ring (bicyclic) bond motifs is 2. The number of hydrogen-bond donors (Lipinski definition) is 3. The lowest BCUT2D eigenvalue weighted by Crippen LogP contribution is -2.36. The molecule has 0 spiro atoms. The van der Waals surface area contributed by atoms with E-state index in [1.807, 2.05) is 72.8 Å². The smallest absolute Gasteiger partial charge is 0.241 e. The summed E-state index contributed by atoms with van der Waals surface area (Å²) >= 11 is 0. The number of sulfonamides is 1. The molecule has 4 aromatic carbocycles.